The van der Waals surface area contributed by atoms with Crippen LogP contribution in [0.1, 0.15) is 49.2 Å². The van der Waals surface area contributed by atoms with Gasteiger partial charge in [-0.3, -0.25) is 14.9 Å². The Morgan fingerprint density at radius 2 is 2.03 bits per heavy atom. The summed E-state index contributed by atoms with van der Waals surface area (Å²) in [7, 11) is 0. The number of aromatic nitrogens is 1. The SMILES string of the molecule is CC(C)C(=O)NCc1ccc(Cl)c(C2NC(=O)CC(c3ccc(OCC(F)(F)F)nc3)N2)c1F. The van der Waals surface area contributed by atoms with Crippen LogP contribution in [0.2, 0.25) is 5.02 Å². The summed E-state index contributed by atoms with van der Waals surface area (Å²) in [5.41, 5.74) is 0.699. The maximum Gasteiger partial charge on any atom is 0.422 e. The molecule has 2 amide bonds. The van der Waals surface area contributed by atoms with Crippen LogP contribution in [0.5, 0.6) is 5.88 Å². The summed E-state index contributed by atoms with van der Waals surface area (Å²) in [6.45, 7) is 1.90. The monoisotopic (exact) mass is 502 g/mol. The Morgan fingerprint density at radius 3 is 2.65 bits per heavy atom. The molecule has 2 aromatic rings. The second-order valence-electron chi connectivity index (χ2n) is 8.06. The number of ether oxygens (including phenoxy) is 1. The van der Waals surface area contributed by atoms with Crippen LogP contribution in [0, 0.1) is 11.7 Å². The van der Waals surface area contributed by atoms with Gasteiger partial charge in [-0.1, -0.05) is 37.6 Å². The lowest BCUT2D eigenvalue weighted by molar-refractivity contribution is -0.154. The Hall–Kier alpha value is -2.92. The molecule has 1 fully saturated rings. The van der Waals surface area contributed by atoms with Crippen LogP contribution in [-0.4, -0.2) is 29.6 Å². The van der Waals surface area contributed by atoms with E-state index in [4.69, 9.17) is 11.6 Å². The zero-order valence-electron chi connectivity index (χ0n) is 18.3. The molecule has 184 valence electrons. The van der Waals surface area contributed by atoms with E-state index in [2.05, 4.69) is 25.7 Å². The molecule has 1 aliphatic rings. The number of rotatable bonds is 7. The predicted octanol–water partition coefficient (Wildman–Crippen LogP) is 3.94. The van der Waals surface area contributed by atoms with Gasteiger partial charge in [0.15, 0.2) is 6.61 Å². The highest BCUT2D eigenvalue weighted by Gasteiger charge is 2.32. The van der Waals surface area contributed by atoms with Crippen LogP contribution < -0.4 is 20.7 Å². The summed E-state index contributed by atoms with van der Waals surface area (Å²) < 4.78 is 56.8. The maximum atomic E-state index is 15.3. The van der Waals surface area contributed by atoms with Gasteiger partial charge in [-0.2, -0.15) is 13.2 Å². The van der Waals surface area contributed by atoms with Gasteiger partial charge in [0, 0.05) is 48.3 Å². The molecule has 3 rings (SSSR count). The minimum Gasteiger partial charge on any atom is -0.468 e. The highest BCUT2D eigenvalue weighted by molar-refractivity contribution is 6.31. The maximum absolute atomic E-state index is 15.3. The van der Waals surface area contributed by atoms with Gasteiger partial charge in [-0.25, -0.2) is 9.37 Å². The number of nitrogens with zero attached hydrogens (tertiary/aromatic N) is 1. The van der Waals surface area contributed by atoms with Crippen molar-refractivity contribution in [1.82, 2.24) is 20.9 Å². The molecule has 0 spiro atoms. The fraction of sp³-hybridized carbons (Fsp3) is 0.409. The molecule has 0 aliphatic carbocycles. The van der Waals surface area contributed by atoms with Crippen LogP contribution in [0.4, 0.5) is 17.6 Å². The Kier molecular flexibility index (Phi) is 7.98. The number of hydrogen-bond acceptors (Lipinski definition) is 5. The van der Waals surface area contributed by atoms with Gasteiger partial charge < -0.3 is 15.4 Å². The van der Waals surface area contributed by atoms with Gasteiger partial charge in [0.2, 0.25) is 17.7 Å². The molecule has 2 atom stereocenters. The van der Waals surface area contributed by atoms with Gasteiger partial charge in [0.05, 0.1) is 5.02 Å². The van der Waals surface area contributed by atoms with E-state index < -0.39 is 30.8 Å². The second kappa shape index (κ2) is 10.6. The number of alkyl halides is 3. The first-order valence-corrected chi connectivity index (χ1v) is 10.8. The second-order valence-corrected chi connectivity index (χ2v) is 8.47. The average Bonchev–Trinajstić information content (AvgIpc) is 2.76. The van der Waals surface area contributed by atoms with Crippen LogP contribution in [0.25, 0.3) is 0 Å². The first-order valence-electron chi connectivity index (χ1n) is 10.4. The van der Waals surface area contributed by atoms with Crippen molar-refractivity contribution in [1.29, 1.82) is 0 Å². The summed E-state index contributed by atoms with van der Waals surface area (Å²) in [5, 5.41) is 8.43. The van der Waals surface area contributed by atoms with E-state index >= 15 is 4.39 Å². The Morgan fingerprint density at radius 1 is 1.29 bits per heavy atom. The van der Waals surface area contributed by atoms with E-state index in [1.54, 1.807) is 13.8 Å². The standard InChI is InChI=1S/C22H23ClF4N4O3/c1-11(2)21(33)29-9-13-3-5-14(23)18(19(13)24)20-30-15(7-16(32)31-20)12-4-6-17(28-8-12)34-10-22(25,26)27/h3-6,8,11,15,20,30H,7,9-10H2,1-2H3,(H,29,33)(H,31,32). The van der Waals surface area contributed by atoms with Crippen molar-refractivity contribution in [3.8, 4) is 5.88 Å². The average molecular weight is 503 g/mol. The summed E-state index contributed by atoms with van der Waals surface area (Å²) in [6, 6.07) is 5.05. The van der Waals surface area contributed by atoms with E-state index in [1.807, 2.05) is 0 Å². The van der Waals surface area contributed by atoms with Crippen LogP contribution in [0.3, 0.4) is 0 Å². The molecule has 3 N–H and O–H groups in total. The minimum absolute atomic E-state index is 0.00843. The highest BCUT2D eigenvalue weighted by atomic mass is 35.5. The summed E-state index contributed by atoms with van der Waals surface area (Å²) in [4.78, 5) is 28.1. The van der Waals surface area contributed by atoms with Gasteiger partial charge in [0.1, 0.15) is 12.0 Å². The van der Waals surface area contributed by atoms with Gasteiger partial charge >= 0.3 is 6.18 Å². The number of halogens is 5. The third kappa shape index (κ3) is 6.57. The number of carbonyl (C=O) groups excluding carboxylic acids is 2. The number of hydrogen-bond donors (Lipinski definition) is 3. The quantitative estimate of drug-likeness (QED) is 0.499. The smallest absolute Gasteiger partial charge is 0.422 e. The molecule has 2 heterocycles. The third-order valence-corrected chi connectivity index (χ3v) is 5.41. The Labute approximate surface area is 198 Å². The summed E-state index contributed by atoms with van der Waals surface area (Å²) in [5.74, 6) is -1.80. The van der Waals surface area contributed by atoms with E-state index in [-0.39, 0.29) is 52.7 Å². The lowest BCUT2D eigenvalue weighted by atomic mass is 9.99. The number of amides is 2. The third-order valence-electron chi connectivity index (χ3n) is 5.08. The molecular weight excluding hydrogens is 480 g/mol. The normalized spacial score (nSPS) is 18.5. The van der Waals surface area contributed by atoms with Crippen molar-refractivity contribution in [2.45, 2.75) is 45.2 Å². The Bertz CT molecular complexity index is 1050. The number of nitrogens with one attached hydrogen (secondary N) is 3. The molecule has 1 aliphatic heterocycles. The molecule has 0 radical (unpaired) electrons. The Balaban J connectivity index is 1.78. The van der Waals surface area contributed by atoms with E-state index in [1.165, 1.54) is 30.5 Å². The molecular formula is C22H23ClF4N4O3. The van der Waals surface area contributed by atoms with Crippen molar-refractivity contribution in [3.63, 3.8) is 0 Å². The number of benzene rings is 1. The van der Waals surface area contributed by atoms with Gasteiger partial charge in [0.25, 0.3) is 0 Å². The predicted molar refractivity (Wildman–Crippen MR) is 115 cm³/mol. The minimum atomic E-state index is -4.49. The molecule has 1 aromatic carbocycles. The number of carbonyl (C=O) groups is 2. The fourth-order valence-corrected chi connectivity index (χ4v) is 3.57. The van der Waals surface area contributed by atoms with Crippen molar-refractivity contribution in [2.24, 2.45) is 5.92 Å². The fourth-order valence-electron chi connectivity index (χ4n) is 3.32. The first-order chi connectivity index (χ1) is 15.9. The van der Waals surface area contributed by atoms with Crippen molar-refractivity contribution < 1.29 is 31.9 Å². The van der Waals surface area contributed by atoms with Crippen LogP contribution in [0.15, 0.2) is 30.5 Å². The first kappa shape index (κ1) is 25.7. The summed E-state index contributed by atoms with van der Waals surface area (Å²) in [6.07, 6.45) is -4.20. The van der Waals surface area contributed by atoms with Crippen LogP contribution >= 0.6 is 11.6 Å². The topological polar surface area (TPSA) is 92.4 Å². The molecule has 0 bridgehead atoms. The molecule has 1 aromatic heterocycles. The molecule has 2 unspecified atom stereocenters. The largest absolute Gasteiger partial charge is 0.468 e. The van der Waals surface area contributed by atoms with Gasteiger partial charge in [-0.15, -0.1) is 0 Å². The van der Waals surface area contributed by atoms with Crippen LogP contribution in [-0.2, 0) is 16.1 Å². The van der Waals surface area contributed by atoms with E-state index in [9.17, 15) is 22.8 Å². The van der Waals surface area contributed by atoms with Crippen molar-refractivity contribution in [3.05, 3.63) is 58.0 Å². The summed E-state index contributed by atoms with van der Waals surface area (Å²) >= 11 is 6.24. The number of pyridine rings is 1. The van der Waals surface area contributed by atoms with E-state index in [0.717, 1.165) is 0 Å². The van der Waals surface area contributed by atoms with Crippen molar-refractivity contribution >= 4 is 23.4 Å². The lowest BCUT2D eigenvalue weighted by Crippen LogP contribution is -2.47. The molecule has 1 saturated heterocycles. The highest BCUT2D eigenvalue weighted by Crippen LogP contribution is 2.32. The van der Waals surface area contributed by atoms with Gasteiger partial charge in [-0.05, 0) is 11.6 Å². The molecule has 34 heavy (non-hydrogen) atoms. The zero-order chi connectivity index (χ0) is 25.0. The molecule has 7 nitrogen and oxygen atoms in total. The van der Waals surface area contributed by atoms with Crippen molar-refractivity contribution in [2.75, 3.05) is 6.61 Å². The zero-order valence-corrected chi connectivity index (χ0v) is 19.1. The van der Waals surface area contributed by atoms with E-state index in [0.29, 0.717) is 5.56 Å². The molecule has 12 heteroatoms. The lowest BCUT2D eigenvalue weighted by Gasteiger charge is -2.33. The molecule has 0 saturated carbocycles.